The standard InChI is InChI=1S/C11H24N2S/c1-4-5-11(8-12-3)13-6-7-14-9-10(13)2/h10-12H,4-9H2,1-3H3. The lowest BCUT2D eigenvalue weighted by molar-refractivity contribution is 0.151. The molecular weight excluding hydrogens is 192 g/mol. The molecule has 1 heterocycles. The van der Waals surface area contributed by atoms with E-state index in [1.54, 1.807) is 0 Å². The van der Waals surface area contributed by atoms with Gasteiger partial charge in [-0.2, -0.15) is 11.8 Å². The molecule has 1 saturated heterocycles. The quantitative estimate of drug-likeness (QED) is 0.754. The van der Waals surface area contributed by atoms with Crippen LogP contribution in [0.2, 0.25) is 0 Å². The van der Waals surface area contributed by atoms with Crippen molar-refractivity contribution in [1.29, 1.82) is 0 Å². The summed E-state index contributed by atoms with van der Waals surface area (Å²) in [4.78, 5) is 2.69. The predicted molar refractivity (Wildman–Crippen MR) is 66.1 cm³/mol. The van der Waals surface area contributed by atoms with Crippen LogP contribution >= 0.6 is 11.8 Å². The maximum Gasteiger partial charge on any atom is 0.0223 e. The lowest BCUT2D eigenvalue weighted by Gasteiger charge is -2.39. The maximum atomic E-state index is 3.32. The van der Waals surface area contributed by atoms with Crippen molar-refractivity contribution >= 4 is 11.8 Å². The molecule has 84 valence electrons. The van der Waals surface area contributed by atoms with E-state index in [9.17, 15) is 0 Å². The average molecular weight is 216 g/mol. The van der Waals surface area contributed by atoms with Crippen LogP contribution < -0.4 is 5.32 Å². The Morgan fingerprint density at radius 2 is 2.36 bits per heavy atom. The van der Waals surface area contributed by atoms with Crippen molar-refractivity contribution < 1.29 is 0 Å². The van der Waals surface area contributed by atoms with Crippen molar-refractivity contribution in [2.24, 2.45) is 0 Å². The second kappa shape index (κ2) is 6.70. The number of hydrogen-bond acceptors (Lipinski definition) is 3. The van der Waals surface area contributed by atoms with Crippen LogP contribution in [-0.2, 0) is 0 Å². The monoisotopic (exact) mass is 216 g/mol. The van der Waals surface area contributed by atoms with E-state index in [1.165, 1.54) is 30.9 Å². The number of rotatable bonds is 5. The van der Waals surface area contributed by atoms with Gasteiger partial charge in [0.2, 0.25) is 0 Å². The van der Waals surface area contributed by atoms with Gasteiger partial charge in [-0.1, -0.05) is 13.3 Å². The van der Waals surface area contributed by atoms with Crippen LogP contribution in [0.15, 0.2) is 0 Å². The number of likely N-dealkylation sites (N-methyl/N-ethyl adjacent to an activating group) is 1. The van der Waals surface area contributed by atoms with Gasteiger partial charge in [0, 0.05) is 36.7 Å². The highest BCUT2D eigenvalue weighted by molar-refractivity contribution is 7.99. The van der Waals surface area contributed by atoms with Crippen LogP contribution in [0.1, 0.15) is 26.7 Å². The van der Waals surface area contributed by atoms with Crippen molar-refractivity contribution in [3.63, 3.8) is 0 Å². The van der Waals surface area contributed by atoms with Crippen LogP contribution in [0.25, 0.3) is 0 Å². The zero-order valence-corrected chi connectivity index (χ0v) is 10.6. The summed E-state index contributed by atoms with van der Waals surface area (Å²) in [5.74, 6) is 2.62. The zero-order valence-electron chi connectivity index (χ0n) is 9.75. The molecule has 2 atom stereocenters. The first kappa shape index (κ1) is 12.3. The molecular formula is C11H24N2S. The lowest BCUT2D eigenvalue weighted by Crippen LogP contribution is -2.50. The van der Waals surface area contributed by atoms with Crippen molar-refractivity contribution in [2.45, 2.75) is 38.8 Å². The first-order valence-corrected chi connectivity index (χ1v) is 6.93. The minimum absolute atomic E-state index is 0.751. The molecule has 1 N–H and O–H groups in total. The molecule has 0 aromatic carbocycles. The van der Waals surface area contributed by atoms with Gasteiger partial charge in [0.1, 0.15) is 0 Å². The molecule has 1 fully saturated rings. The highest BCUT2D eigenvalue weighted by Crippen LogP contribution is 2.20. The first-order chi connectivity index (χ1) is 6.79. The fraction of sp³-hybridized carbons (Fsp3) is 1.00. The predicted octanol–water partition coefficient (Wildman–Crippen LogP) is 1.81. The van der Waals surface area contributed by atoms with E-state index < -0.39 is 0 Å². The van der Waals surface area contributed by atoms with Gasteiger partial charge in [-0.05, 0) is 20.4 Å². The van der Waals surface area contributed by atoms with Gasteiger partial charge in [-0.15, -0.1) is 0 Å². The third-order valence-electron chi connectivity index (χ3n) is 2.95. The number of hydrogen-bond donors (Lipinski definition) is 1. The van der Waals surface area contributed by atoms with E-state index >= 15 is 0 Å². The van der Waals surface area contributed by atoms with Crippen molar-refractivity contribution in [2.75, 3.05) is 31.6 Å². The molecule has 0 aromatic rings. The summed E-state index contributed by atoms with van der Waals surface area (Å²) in [7, 11) is 2.06. The molecule has 0 amide bonds. The van der Waals surface area contributed by atoms with Crippen molar-refractivity contribution in [1.82, 2.24) is 10.2 Å². The molecule has 14 heavy (non-hydrogen) atoms. The van der Waals surface area contributed by atoms with Gasteiger partial charge >= 0.3 is 0 Å². The number of nitrogens with zero attached hydrogens (tertiary/aromatic N) is 1. The summed E-state index contributed by atoms with van der Waals surface area (Å²) in [6, 6.07) is 1.51. The Balaban J connectivity index is 2.46. The molecule has 1 aliphatic rings. The molecule has 1 aliphatic heterocycles. The molecule has 0 spiro atoms. The largest absolute Gasteiger partial charge is 0.318 e. The van der Waals surface area contributed by atoms with E-state index in [1.807, 2.05) is 0 Å². The Bertz CT molecular complexity index is 146. The molecule has 3 heteroatoms. The third-order valence-corrected chi connectivity index (χ3v) is 4.14. The minimum Gasteiger partial charge on any atom is -0.318 e. The van der Waals surface area contributed by atoms with Gasteiger partial charge in [0.05, 0.1) is 0 Å². The van der Waals surface area contributed by atoms with Crippen molar-refractivity contribution in [3.05, 3.63) is 0 Å². The van der Waals surface area contributed by atoms with Gasteiger partial charge in [-0.3, -0.25) is 4.90 Å². The summed E-state index contributed by atoms with van der Waals surface area (Å²) in [6.45, 7) is 7.07. The molecule has 0 radical (unpaired) electrons. The fourth-order valence-corrected chi connectivity index (χ4v) is 3.28. The smallest absolute Gasteiger partial charge is 0.0223 e. The van der Waals surface area contributed by atoms with E-state index in [0.29, 0.717) is 0 Å². The van der Waals surface area contributed by atoms with Gasteiger partial charge in [-0.25, -0.2) is 0 Å². The summed E-state index contributed by atoms with van der Waals surface area (Å²) in [5.41, 5.74) is 0. The topological polar surface area (TPSA) is 15.3 Å². The zero-order chi connectivity index (χ0) is 10.4. The van der Waals surface area contributed by atoms with Crippen LogP contribution in [0.4, 0.5) is 0 Å². The van der Waals surface area contributed by atoms with E-state index in [4.69, 9.17) is 0 Å². The Morgan fingerprint density at radius 1 is 1.57 bits per heavy atom. The Hall–Kier alpha value is 0.270. The highest BCUT2D eigenvalue weighted by atomic mass is 32.2. The summed E-state index contributed by atoms with van der Waals surface area (Å²) < 4.78 is 0. The fourth-order valence-electron chi connectivity index (χ4n) is 2.24. The maximum absolute atomic E-state index is 3.32. The van der Waals surface area contributed by atoms with Crippen LogP contribution in [-0.4, -0.2) is 48.6 Å². The number of thioether (sulfide) groups is 1. The normalized spacial score (nSPS) is 26.4. The molecule has 2 nitrogen and oxygen atoms in total. The lowest BCUT2D eigenvalue weighted by atomic mass is 10.1. The second-order valence-electron chi connectivity index (χ2n) is 4.16. The molecule has 0 saturated carbocycles. The summed E-state index contributed by atoms with van der Waals surface area (Å²) >= 11 is 2.10. The van der Waals surface area contributed by atoms with Crippen LogP contribution in [0.5, 0.6) is 0 Å². The van der Waals surface area contributed by atoms with Crippen LogP contribution in [0, 0.1) is 0 Å². The Morgan fingerprint density at radius 3 is 2.93 bits per heavy atom. The molecule has 1 rings (SSSR count). The first-order valence-electron chi connectivity index (χ1n) is 5.77. The third kappa shape index (κ3) is 3.44. The van der Waals surface area contributed by atoms with Crippen LogP contribution in [0.3, 0.4) is 0 Å². The molecule has 0 aliphatic carbocycles. The molecule has 2 unspecified atom stereocenters. The summed E-state index contributed by atoms with van der Waals surface area (Å²) in [6.07, 6.45) is 2.62. The Labute approximate surface area is 92.8 Å². The van der Waals surface area contributed by atoms with E-state index in [-0.39, 0.29) is 0 Å². The van der Waals surface area contributed by atoms with Gasteiger partial charge in [0.25, 0.3) is 0 Å². The minimum atomic E-state index is 0.751. The number of nitrogens with one attached hydrogen (secondary N) is 1. The SMILES string of the molecule is CCCC(CNC)N1CCSCC1C. The van der Waals surface area contributed by atoms with E-state index in [2.05, 4.69) is 42.9 Å². The second-order valence-corrected chi connectivity index (χ2v) is 5.31. The van der Waals surface area contributed by atoms with Gasteiger partial charge < -0.3 is 5.32 Å². The Kier molecular flexibility index (Phi) is 5.90. The van der Waals surface area contributed by atoms with E-state index in [0.717, 1.165) is 18.6 Å². The summed E-state index contributed by atoms with van der Waals surface area (Å²) in [5, 5.41) is 3.32. The highest BCUT2D eigenvalue weighted by Gasteiger charge is 2.24. The molecule has 0 bridgehead atoms. The molecule has 0 aromatic heterocycles. The average Bonchev–Trinajstić information content (AvgIpc) is 2.18. The van der Waals surface area contributed by atoms with Crippen molar-refractivity contribution in [3.8, 4) is 0 Å². The van der Waals surface area contributed by atoms with Gasteiger partial charge in [0.15, 0.2) is 0 Å².